The van der Waals surface area contributed by atoms with Gasteiger partial charge in [-0.05, 0) is 0 Å². The van der Waals surface area contributed by atoms with Gasteiger partial charge >= 0.3 is 24.0 Å². The van der Waals surface area contributed by atoms with Crippen LogP contribution in [0.2, 0.25) is 0 Å². The van der Waals surface area contributed by atoms with E-state index in [0.29, 0.717) is 0 Å². The summed E-state index contributed by atoms with van der Waals surface area (Å²) in [5, 5.41) is 2.46. The Hall–Kier alpha value is -2.66. The van der Waals surface area contributed by atoms with Crippen LogP contribution in [0.4, 0.5) is 4.79 Å². The predicted octanol–water partition coefficient (Wildman–Crippen LogP) is 0.0650. The van der Waals surface area contributed by atoms with Gasteiger partial charge < -0.3 is 33.7 Å². The van der Waals surface area contributed by atoms with Crippen LogP contribution in [0.1, 0.15) is 20.8 Å². The van der Waals surface area contributed by atoms with Crippen molar-refractivity contribution in [2.75, 3.05) is 20.3 Å². The molecule has 28 heavy (non-hydrogen) atoms. The Balaban J connectivity index is 3.17. The number of nitrogens with one attached hydrogen (secondary N) is 1. The quantitative estimate of drug-likeness (QED) is 0.337. The maximum Gasteiger partial charge on any atom is 0.407 e. The third kappa shape index (κ3) is 7.16. The van der Waals surface area contributed by atoms with Crippen LogP contribution in [-0.2, 0) is 42.8 Å². The average molecular weight is 403 g/mol. The second kappa shape index (κ2) is 11.2. The zero-order valence-electron chi connectivity index (χ0n) is 16.2. The Morgan fingerprint density at radius 2 is 1.61 bits per heavy atom. The number of hydrogen-bond acceptors (Lipinski definition) is 10. The molecule has 0 aromatic carbocycles. The van der Waals surface area contributed by atoms with Crippen molar-refractivity contribution >= 4 is 24.0 Å². The Morgan fingerprint density at radius 3 is 2.11 bits per heavy atom. The van der Waals surface area contributed by atoms with E-state index >= 15 is 0 Å². The third-order valence-corrected chi connectivity index (χ3v) is 3.55. The number of rotatable bonds is 8. The van der Waals surface area contributed by atoms with Crippen molar-refractivity contribution in [2.24, 2.45) is 0 Å². The number of alkyl carbamates (subject to hydrolysis) is 1. The highest BCUT2D eigenvalue weighted by atomic mass is 16.7. The van der Waals surface area contributed by atoms with Crippen molar-refractivity contribution in [1.29, 1.82) is 0 Å². The van der Waals surface area contributed by atoms with Gasteiger partial charge in [-0.15, -0.1) is 0 Å². The largest absolute Gasteiger partial charge is 0.463 e. The number of amides is 1. The fourth-order valence-electron chi connectivity index (χ4n) is 2.57. The first-order valence-corrected chi connectivity index (χ1v) is 8.39. The molecule has 5 atom stereocenters. The van der Waals surface area contributed by atoms with E-state index in [1.54, 1.807) is 0 Å². The second-order valence-corrected chi connectivity index (χ2v) is 5.79. The van der Waals surface area contributed by atoms with E-state index in [4.69, 9.17) is 28.4 Å². The first-order valence-electron chi connectivity index (χ1n) is 8.39. The summed E-state index contributed by atoms with van der Waals surface area (Å²) in [5.41, 5.74) is 0. The highest BCUT2D eigenvalue weighted by Gasteiger charge is 2.51. The van der Waals surface area contributed by atoms with Crippen LogP contribution in [0.25, 0.3) is 0 Å². The van der Waals surface area contributed by atoms with Gasteiger partial charge in [-0.2, -0.15) is 0 Å². The van der Waals surface area contributed by atoms with Crippen LogP contribution < -0.4 is 5.32 Å². The standard InChI is InChI=1S/C17H25NO10/c1-6-7-24-17(22)18-13-15(27-11(4)21)14(26-10(3)20)12(8-25-9(2)19)28-16(13)23-5/h6,12-16H,1,7-8H2,2-5H3,(H,18,22)/t12-,13-,14-,15-,16+/m1/s1. The molecule has 1 heterocycles. The zero-order chi connectivity index (χ0) is 21.3. The summed E-state index contributed by atoms with van der Waals surface area (Å²) in [6.45, 7) is 6.57. The minimum absolute atomic E-state index is 0.0578. The van der Waals surface area contributed by atoms with E-state index < -0.39 is 54.6 Å². The van der Waals surface area contributed by atoms with E-state index in [0.717, 1.165) is 13.8 Å². The molecule has 0 bridgehead atoms. The number of hydrogen-bond donors (Lipinski definition) is 1. The van der Waals surface area contributed by atoms with Crippen molar-refractivity contribution < 1.29 is 47.6 Å². The smallest absolute Gasteiger partial charge is 0.407 e. The van der Waals surface area contributed by atoms with Crippen LogP contribution in [0.15, 0.2) is 12.7 Å². The maximum absolute atomic E-state index is 12.0. The number of carbonyl (C=O) groups excluding carboxylic acids is 4. The Kier molecular flexibility index (Phi) is 9.39. The first kappa shape index (κ1) is 23.4. The SMILES string of the molecule is C=CCOC(=O)N[C@H]1[C@@H](OC)O[C@H](COC(C)=O)[C@@H](OC(C)=O)[C@@H]1OC(C)=O. The molecule has 1 amide bonds. The molecule has 11 heteroatoms. The van der Waals surface area contributed by atoms with Crippen LogP contribution in [0, 0.1) is 0 Å². The number of ether oxygens (including phenoxy) is 6. The van der Waals surface area contributed by atoms with Crippen molar-refractivity contribution in [3.63, 3.8) is 0 Å². The van der Waals surface area contributed by atoms with Crippen LogP contribution in [0.3, 0.4) is 0 Å². The topological polar surface area (TPSA) is 136 Å². The molecule has 0 radical (unpaired) electrons. The van der Waals surface area contributed by atoms with Gasteiger partial charge in [0.25, 0.3) is 0 Å². The molecule has 0 aromatic rings. The fraction of sp³-hybridized carbons (Fsp3) is 0.647. The Morgan fingerprint density at radius 1 is 1.00 bits per heavy atom. The minimum atomic E-state index is -1.20. The lowest BCUT2D eigenvalue weighted by Gasteiger charge is -2.44. The van der Waals surface area contributed by atoms with Crippen molar-refractivity contribution in [1.82, 2.24) is 5.32 Å². The van der Waals surface area contributed by atoms with Gasteiger partial charge in [-0.25, -0.2) is 4.79 Å². The normalized spacial score (nSPS) is 26.5. The summed E-state index contributed by atoms with van der Waals surface area (Å²) < 4.78 is 31.2. The third-order valence-electron chi connectivity index (χ3n) is 3.55. The molecule has 158 valence electrons. The summed E-state index contributed by atoms with van der Waals surface area (Å²) in [4.78, 5) is 46.3. The van der Waals surface area contributed by atoms with E-state index in [1.165, 1.54) is 20.1 Å². The minimum Gasteiger partial charge on any atom is -0.463 e. The Labute approximate surface area is 162 Å². The summed E-state index contributed by atoms with van der Waals surface area (Å²) in [6, 6.07) is -1.08. The average Bonchev–Trinajstić information content (AvgIpc) is 2.60. The van der Waals surface area contributed by atoms with Gasteiger partial charge in [-0.3, -0.25) is 14.4 Å². The van der Waals surface area contributed by atoms with Crippen molar-refractivity contribution in [2.45, 2.75) is 51.4 Å². The lowest BCUT2D eigenvalue weighted by atomic mass is 9.96. The lowest BCUT2D eigenvalue weighted by molar-refractivity contribution is -0.271. The van der Waals surface area contributed by atoms with E-state index in [9.17, 15) is 19.2 Å². The van der Waals surface area contributed by atoms with E-state index in [1.807, 2.05) is 0 Å². The van der Waals surface area contributed by atoms with Gasteiger partial charge in [0.05, 0.1) is 0 Å². The van der Waals surface area contributed by atoms with Crippen LogP contribution >= 0.6 is 0 Å². The molecular formula is C17H25NO10. The molecule has 1 aliphatic heterocycles. The molecule has 0 aromatic heterocycles. The predicted molar refractivity (Wildman–Crippen MR) is 91.9 cm³/mol. The number of esters is 3. The molecule has 1 rings (SSSR count). The van der Waals surface area contributed by atoms with Crippen molar-refractivity contribution in [3.05, 3.63) is 12.7 Å². The molecule has 0 saturated carbocycles. The van der Waals surface area contributed by atoms with E-state index in [-0.39, 0.29) is 13.2 Å². The van der Waals surface area contributed by atoms with Crippen LogP contribution in [-0.4, -0.2) is 75.0 Å². The summed E-state index contributed by atoms with van der Waals surface area (Å²) in [5.74, 6) is -1.98. The molecular weight excluding hydrogens is 378 g/mol. The molecule has 1 aliphatic rings. The molecule has 0 aliphatic carbocycles. The molecule has 0 spiro atoms. The van der Waals surface area contributed by atoms with Gasteiger partial charge in [-0.1, -0.05) is 12.7 Å². The second-order valence-electron chi connectivity index (χ2n) is 5.79. The number of methoxy groups -OCH3 is 1. The van der Waals surface area contributed by atoms with E-state index in [2.05, 4.69) is 11.9 Å². The molecule has 1 saturated heterocycles. The Bertz CT molecular complexity index is 592. The zero-order valence-corrected chi connectivity index (χ0v) is 16.2. The maximum atomic E-state index is 12.0. The molecule has 1 fully saturated rings. The van der Waals surface area contributed by atoms with Gasteiger partial charge in [0, 0.05) is 27.9 Å². The monoisotopic (exact) mass is 403 g/mol. The van der Waals surface area contributed by atoms with Gasteiger partial charge in [0.1, 0.15) is 25.4 Å². The molecule has 1 N–H and O–H groups in total. The highest BCUT2D eigenvalue weighted by Crippen LogP contribution is 2.27. The molecule has 0 unspecified atom stereocenters. The number of carbonyl (C=O) groups is 4. The summed E-state index contributed by atoms with van der Waals surface area (Å²) in [7, 11) is 1.30. The van der Waals surface area contributed by atoms with Crippen molar-refractivity contribution in [3.8, 4) is 0 Å². The lowest BCUT2D eigenvalue weighted by Crippen LogP contribution is -2.66. The fourth-order valence-corrected chi connectivity index (χ4v) is 2.57. The van der Waals surface area contributed by atoms with Gasteiger partial charge in [0.2, 0.25) is 0 Å². The van der Waals surface area contributed by atoms with Crippen LogP contribution in [0.5, 0.6) is 0 Å². The summed E-state index contributed by atoms with van der Waals surface area (Å²) in [6.07, 6.45) is -4.00. The summed E-state index contributed by atoms with van der Waals surface area (Å²) >= 11 is 0. The highest BCUT2D eigenvalue weighted by molar-refractivity contribution is 5.69. The molecule has 11 nitrogen and oxygen atoms in total. The van der Waals surface area contributed by atoms with Gasteiger partial charge in [0.15, 0.2) is 18.5 Å². The first-order chi connectivity index (χ1) is 13.2.